The zero-order chi connectivity index (χ0) is 30.6. The van der Waals surface area contributed by atoms with Crippen molar-refractivity contribution in [3.63, 3.8) is 0 Å². The molecule has 0 bridgehead atoms. The summed E-state index contributed by atoms with van der Waals surface area (Å²) in [5.74, 6) is 0.789. The molecule has 3 aromatic rings. The van der Waals surface area contributed by atoms with E-state index in [0.717, 1.165) is 41.7 Å². The van der Waals surface area contributed by atoms with E-state index < -0.39 is 5.60 Å². The van der Waals surface area contributed by atoms with Gasteiger partial charge in [0.2, 0.25) is 0 Å². The van der Waals surface area contributed by atoms with Crippen LogP contribution in [-0.2, 0) is 19.9 Å². The minimum atomic E-state index is -0.878. The van der Waals surface area contributed by atoms with Crippen molar-refractivity contribution < 1.29 is 19.0 Å². The van der Waals surface area contributed by atoms with E-state index in [9.17, 15) is 4.79 Å². The van der Waals surface area contributed by atoms with Crippen LogP contribution >= 0.6 is 11.8 Å². The van der Waals surface area contributed by atoms with Crippen LogP contribution in [0.2, 0.25) is 0 Å². The van der Waals surface area contributed by atoms with Crippen LogP contribution < -0.4 is 4.74 Å². The summed E-state index contributed by atoms with van der Waals surface area (Å²) >= 11 is 1.38. The molecule has 0 radical (unpaired) electrons. The Labute approximate surface area is 264 Å². The molecule has 4 nitrogen and oxygen atoms in total. The molecule has 232 valence electrons. The lowest BCUT2D eigenvalue weighted by molar-refractivity contribution is -0.111. The lowest BCUT2D eigenvalue weighted by atomic mass is 9.80. The third-order valence-corrected chi connectivity index (χ3v) is 8.62. The van der Waals surface area contributed by atoms with Crippen molar-refractivity contribution in [3.8, 4) is 5.75 Å². The summed E-state index contributed by atoms with van der Waals surface area (Å²) in [7, 11) is 1.67. The fourth-order valence-corrected chi connectivity index (χ4v) is 6.16. The first kappa shape index (κ1) is 34.6. The smallest absolute Gasteiger partial charge is 0.189 e. The summed E-state index contributed by atoms with van der Waals surface area (Å²) in [4.78, 5) is 13.2. The summed E-state index contributed by atoms with van der Waals surface area (Å²) in [6, 6.07) is 28.7. The number of carbonyl (C=O) groups excluding carboxylic acids is 1. The highest BCUT2D eigenvalue weighted by atomic mass is 32.2. The number of hydrogen-bond donors (Lipinski definition) is 0. The Morgan fingerprint density at radius 1 is 0.744 bits per heavy atom. The van der Waals surface area contributed by atoms with Crippen molar-refractivity contribution in [2.75, 3.05) is 26.9 Å². The van der Waals surface area contributed by atoms with Gasteiger partial charge in [-0.3, -0.25) is 4.79 Å². The zero-order valence-corrected chi connectivity index (χ0v) is 27.2. The van der Waals surface area contributed by atoms with Crippen LogP contribution in [0.3, 0.4) is 0 Å². The van der Waals surface area contributed by atoms with Crippen LogP contribution in [0.15, 0.2) is 97.1 Å². The summed E-state index contributed by atoms with van der Waals surface area (Å²) in [6.07, 6.45) is 14.1. The molecule has 3 aromatic carbocycles. The van der Waals surface area contributed by atoms with Crippen LogP contribution in [0.4, 0.5) is 0 Å². The summed E-state index contributed by atoms with van der Waals surface area (Å²) in [5, 5.41) is 0.0708. The number of allylic oxidation sites excluding steroid dienone is 1. The molecular formula is C38H50O4S. The fraction of sp³-hybridized carbons (Fsp3) is 0.447. The van der Waals surface area contributed by atoms with Gasteiger partial charge in [-0.05, 0) is 41.7 Å². The Hall–Kier alpha value is -2.86. The van der Waals surface area contributed by atoms with Gasteiger partial charge in [-0.25, -0.2) is 0 Å². The number of rotatable bonds is 21. The number of methoxy groups -OCH3 is 1. The molecule has 0 N–H and O–H groups in total. The van der Waals surface area contributed by atoms with E-state index >= 15 is 0 Å². The minimum Gasteiger partial charge on any atom is -0.497 e. The summed E-state index contributed by atoms with van der Waals surface area (Å²) in [5.41, 5.74) is 2.17. The Balaban J connectivity index is 1.83. The van der Waals surface area contributed by atoms with Crippen LogP contribution in [0.1, 0.15) is 88.3 Å². The first-order valence-corrected chi connectivity index (χ1v) is 16.8. The van der Waals surface area contributed by atoms with Gasteiger partial charge in [0.1, 0.15) is 11.4 Å². The van der Waals surface area contributed by atoms with E-state index in [0.29, 0.717) is 26.2 Å². The second-order valence-electron chi connectivity index (χ2n) is 10.9. The molecular weight excluding hydrogens is 552 g/mol. The Kier molecular flexibility index (Phi) is 16.2. The van der Waals surface area contributed by atoms with Gasteiger partial charge in [0, 0.05) is 6.42 Å². The van der Waals surface area contributed by atoms with E-state index in [1.807, 2.05) is 54.6 Å². The maximum absolute atomic E-state index is 13.2. The zero-order valence-electron chi connectivity index (χ0n) is 26.3. The predicted octanol–water partition coefficient (Wildman–Crippen LogP) is 9.76. The summed E-state index contributed by atoms with van der Waals surface area (Å²) in [6.45, 7) is 5.65. The molecule has 0 aromatic heterocycles. The van der Waals surface area contributed by atoms with Crippen LogP contribution in [0.25, 0.3) is 0 Å². The van der Waals surface area contributed by atoms with E-state index in [4.69, 9.17) is 14.2 Å². The third kappa shape index (κ3) is 11.3. The quantitative estimate of drug-likeness (QED) is 0.0690. The molecule has 5 heteroatoms. The molecule has 0 saturated heterocycles. The number of ether oxygens (including phenoxy) is 3. The standard InChI is InChI=1S/C38H50O4S/c1-4-6-8-9-10-11-18-24-37(39)43-36(30-41-29-19-7-5-2)31-42-38(32-20-14-12-15-21-32,33-22-16-13-17-23-33)34-25-27-35(40-3)28-26-34/h7,12-17,19-23,25-28,36H,4-6,8-11,18,24,29-31H2,1-3H3/b19-7-/t36-/m1/s1. The highest BCUT2D eigenvalue weighted by Crippen LogP contribution is 2.41. The Morgan fingerprint density at radius 2 is 1.33 bits per heavy atom. The SMILES string of the molecule is CC/C=C\COC[C@H](COC(c1ccccc1)(c1ccccc1)c1ccc(OC)cc1)SC(=O)CCCCCCCCC. The normalized spacial score (nSPS) is 12.4. The monoisotopic (exact) mass is 602 g/mol. The van der Waals surface area contributed by atoms with Gasteiger partial charge in [-0.2, -0.15) is 0 Å². The lowest BCUT2D eigenvalue weighted by Gasteiger charge is -2.37. The fourth-order valence-electron chi connectivity index (χ4n) is 5.23. The number of hydrogen-bond acceptors (Lipinski definition) is 5. The molecule has 43 heavy (non-hydrogen) atoms. The number of unbranched alkanes of at least 4 members (excludes halogenated alkanes) is 6. The largest absolute Gasteiger partial charge is 0.497 e. The number of benzene rings is 3. The second kappa shape index (κ2) is 20.2. The molecule has 0 aliphatic rings. The molecule has 1 atom stereocenters. The van der Waals surface area contributed by atoms with E-state index in [1.165, 1.54) is 43.9 Å². The van der Waals surface area contributed by atoms with Gasteiger partial charge in [0.05, 0.1) is 32.2 Å². The van der Waals surface area contributed by atoms with Gasteiger partial charge >= 0.3 is 0 Å². The van der Waals surface area contributed by atoms with Crippen LogP contribution in [-0.4, -0.2) is 37.3 Å². The molecule has 0 fully saturated rings. The molecule has 0 aliphatic heterocycles. The van der Waals surface area contributed by atoms with Crippen LogP contribution in [0.5, 0.6) is 5.75 Å². The maximum Gasteiger partial charge on any atom is 0.189 e. The first-order valence-electron chi connectivity index (χ1n) is 16.0. The number of thioether (sulfide) groups is 1. The van der Waals surface area contributed by atoms with Gasteiger partial charge in [0.15, 0.2) is 5.12 Å². The maximum atomic E-state index is 13.2. The predicted molar refractivity (Wildman–Crippen MR) is 181 cm³/mol. The average Bonchev–Trinajstić information content (AvgIpc) is 3.05. The van der Waals surface area contributed by atoms with E-state index in [-0.39, 0.29) is 10.4 Å². The Bertz CT molecular complexity index is 1140. The molecule has 0 unspecified atom stereocenters. The highest BCUT2D eigenvalue weighted by molar-refractivity contribution is 8.14. The van der Waals surface area contributed by atoms with Crippen LogP contribution in [0, 0.1) is 0 Å². The van der Waals surface area contributed by atoms with Crippen molar-refractivity contribution in [1.29, 1.82) is 0 Å². The molecule has 0 heterocycles. The first-order chi connectivity index (χ1) is 21.1. The average molecular weight is 603 g/mol. The summed E-state index contributed by atoms with van der Waals surface area (Å²) < 4.78 is 18.6. The van der Waals surface area contributed by atoms with E-state index in [2.05, 4.69) is 56.3 Å². The molecule has 0 amide bonds. The van der Waals surface area contributed by atoms with Crippen molar-refractivity contribution >= 4 is 16.9 Å². The minimum absolute atomic E-state index is 0.142. The second-order valence-corrected chi connectivity index (χ2v) is 12.2. The molecule has 3 rings (SSSR count). The topological polar surface area (TPSA) is 44.8 Å². The van der Waals surface area contributed by atoms with Crippen molar-refractivity contribution in [2.24, 2.45) is 0 Å². The van der Waals surface area contributed by atoms with Crippen molar-refractivity contribution in [1.82, 2.24) is 0 Å². The third-order valence-electron chi connectivity index (χ3n) is 7.55. The van der Waals surface area contributed by atoms with Gasteiger partial charge < -0.3 is 14.2 Å². The Morgan fingerprint density at radius 3 is 1.91 bits per heavy atom. The van der Waals surface area contributed by atoms with Gasteiger partial charge in [-0.1, -0.05) is 149 Å². The van der Waals surface area contributed by atoms with E-state index in [1.54, 1.807) is 7.11 Å². The van der Waals surface area contributed by atoms with Crippen molar-refractivity contribution in [2.45, 2.75) is 82.5 Å². The number of carbonyl (C=O) groups is 1. The molecule has 0 aliphatic carbocycles. The van der Waals surface area contributed by atoms with Gasteiger partial charge in [-0.15, -0.1) is 0 Å². The van der Waals surface area contributed by atoms with Gasteiger partial charge in [0.25, 0.3) is 0 Å². The lowest BCUT2D eigenvalue weighted by Crippen LogP contribution is -2.36. The molecule has 0 saturated carbocycles. The highest BCUT2D eigenvalue weighted by Gasteiger charge is 2.38. The molecule has 0 spiro atoms. The van der Waals surface area contributed by atoms with Crippen molar-refractivity contribution in [3.05, 3.63) is 114 Å².